The number of fused-ring (bicyclic) bond motifs is 1. The fraction of sp³-hybridized carbons (Fsp3) is 0.222. The summed E-state index contributed by atoms with van der Waals surface area (Å²) < 4.78 is 23.1. The topological polar surface area (TPSA) is 106 Å². The van der Waals surface area contributed by atoms with E-state index in [4.69, 9.17) is 30.5 Å². The molecular weight excluding hydrogens is 606 g/mol. The van der Waals surface area contributed by atoms with Crippen LogP contribution in [0.1, 0.15) is 45.7 Å². The van der Waals surface area contributed by atoms with Crippen molar-refractivity contribution in [3.8, 4) is 40.0 Å². The number of nitrogens with zero attached hydrogens (tertiary/aromatic N) is 2. The molecule has 1 aromatic heterocycles. The van der Waals surface area contributed by atoms with E-state index in [9.17, 15) is 9.90 Å². The van der Waals surface area contributed by atoms with E-state index < -0.39 is 6.04 Å². The molecule has 0 saturated carbocycles. The quantitative estimate of drug-likeness (QED) is 0.148. The number of phenols is 1. The fourth-order valence-electron chi connectivity index (χ4n) is 5.78. The molecule has 5 aromatic rings. The number of hydrogen-bond acceptors (Lipinski definition) is 7. The number of aromatic hydroxyl groups is 1. The lowest BCUT2D eigenvalue weighted by Gasteiger charge is -2.27. The Hall–Kier alpha value is -5.15. The van der Waals surface area contributed by atoms with Crippen molar-refractivity contribution in [3.05, 3.63) is 118 Å². The zero-order valence-corrected chi connectivity index (χ0v) is 26.5. The predicted octanol–water partition coefficient (Wildman–Crippen LogP) is 7.22. The second-order valence-corrected chi connectivity index (χ2v) is 11.2. The van der Waals surface area contributed by atoms with Crippen molar-refractivity contribution in [1.82, 2.24) is 15.1 Å². The number of hydrogen-bond donors (Lipinski definition) is 2. The summed E-state index contributed by atoms with van der Waals surface area (Å²) in [5.41, 5.74) is 4.70. The molecule has 10 heteroatoms. The van der Waals surface area contributed by atoms with Crippen LogP contribution in [0, 0.1) is 0 Å². The van der Waals surface area contributed by atoms with Crippen molar-refractivity contribution >= 4 is 17.5 Å². The smallest absolute Gasteiger partial charge is 0.273 e. The van der Waals surface area contributed by atoms with Gasteiger partial charge >= 0.3 is 0 Å². The van der Waals surface area contributed by atoms with Crippen LogP contribution in [0.15, 0.2) is 84.9 Å². The zero-order chi connectivity index (χ0) is 32.2. The highest BCUT2D eigenvalue weighted by atomic mass is 35.5. The van der Waals surface area contributed by atoms with E-state index in [2.05, 4.69) is 10.2 Å². The third-order valence-corrected chi connectivity index (χ3v) is 8.22. The van der Waals surface area contributed by atoms with Crippen LogP contribution in [0.2, 0.25) is 5.02 Å². The number of carbonyl (C=O) groups excluding carboxylic acids is 1. The van der Waals surface area contributed by atoms with Crippen molar-refractivity contribution in [1.29, 1.82) is 0 Å². The molecule has 0 radical (unpaired) electrons. The number of nitrogens with one attached hydrogen (secondary N) is 1. The van der Waals surface area contributed by atoms with E-state index in [0.29, 0.717) is 76.7 Å². The van der Waals surface area contributed by atoms with E-state index in [1.165, 1.54) is 6.07 Å². The maximum atomic E-state index is 14.0. The lowest BCUT2D eigenvalue weighted by atomic mass is 9.95. The number of phenolic OH excluding ortho intramolecular Hbond substituents is 1. The van der Waals surface area contributed by atoms with E-state index >= 15 is 0 Å². The first kappa shape index (κ1) is 30.9. The molecule has 0 saturated heterocycles. The summed E-state index contributed by atoms with van der Waals surface area (Å²) in [6.45, 7) is 3.11. The van der Waals surface area contributed by atoms with E-state index in [1.807, 2.05) is 73.7 Å². The molecule has 6 rings (SSSR count). The minimum absolute atomic E-state index is 0.00772. The highest BCUT2D eigenvalue weighted by molar-refractivity contribution is 6.31. The summed E-state index contributed by atoms with van der Waals surface area (Å²) in [4.78, 5) is 15.8. The number of methoxy groups -OCH3 is 2. The van der Waals surface area contributed by atoms with Crippen molar-refractivity contribution in [2.45, 2.75) is 26.0 Å². The Kier molecular flexibility index (Phi) is 9.03. The minimum atomic E-state index is -0.544. The van der Waals surface area contributed by atoms with Gasteiger partial charge in [-0.05, 0) is 72.5 Å². The van der Waals surface area contributed by atoms with Crippen molar-refractivity contribution in [3.63, 3.8) is 0 Å². The van der Waals surface area contributed by atoms with Gasteiger partial charge in [-0.2, -0.15) is 5.10 Å². The maximum Gasteiger partial charge on any atom is 0.273 e. The number of rotatable bonds is 12. The molecule has 2 N–H and O–H groups in total. The van der Waals surface area contributed by atoms with E-state index in [-0.39, 0.29) is 11.7 Å². The Morgan fingerprint density at radius 2 is 1.65 bits per heavy atom. The summed E-state index contributed by atoms with van der Waals surface area (Å²) in [6.07, 6.45) is 0.550. The minimum Gasteiger partial charge on any atom is -0.507 e. The standard InChI is InChI=1S/C36H34ClN3O6/c1-4-45-31-19-24(11-15-29(31)46-21-23-8-6-5-7-9-23)35-32-33(26-20-25(37)12-13-27(26)41)38-39-34(32)36(42)40(35)17-16-22-10-14-28(43-2)30(18-22)44-3/h5-15,18-20,35,41H,4,16-17,21H2,1-3H3,(H,38,39). The van der Waals surface area contributed by atoms with Crippen LogP contribution >= 0.6 is 11.6 Å². The number of halogens is 1. The van der Waals surface area contributed by atoms with Crippen molar-refractivity contribution in [2.75, 3.05) is 27.4 Å². The Balaban J connectivity index is 1.40. The van der Waals surface area contributed by atoms with Crippen LogP contribution in [0.4, 0.5) is 0 Å². The second kappa shape index (κ2) is 13.5. The molecule has 1 unspecified atom stereocenters. The van der Waals surface area contributed by atoms with Crippen LogP contribution in [-0.4, -0.2) is 53.5 Å². The maximum absolute atomic E-state index is 14.0. The molecule has 9 nitrogen and oxygen atoms in total. The Bertz CT molecular complexity index is 1860. The molecule has 1 aliphatic rings. The van der Waals surface area contributed by atoms with Gasteiger partial charge in [-0.1, -0.05) is 54.1 Å². The van der Waals surface area contributed by atoms with Crippen molar-refractivity contribution < 1.29 is 28.8 Å². The van der Waals surface area contributed by atoms with Gasteiger partial charge in [-0.15, -0.1) is 0 Å². The molecule has 0 bridgehead atoms. The average molecular weight is 640 g/mol. The SMILES string of the molecule is CCOc1cc(C2c3c(-c4cc(Cl)ccc4O)n[nH]c3C(=O)N2CCc2ccc(OC)c(OC)c2)ccc1OCc1ccccc1. The van der Waals surface area contributed by atoms with E-state index in [0.717, 1.165) is 16.7 Å². The van der Waals surface area contributed by atoms with Gasteiger partial charge in [0.15, 0.2) is 23.0 Å². The zero-order valence-electron chi connectivity index (χ0n) is 25.7. The van der Waals surface area contributed by atoms with Crippen molar-refractivity contribution in [2.24, 2.45) is 0 Å². The van der Waals surface area contributed by atoms with Gasteiger partial charge in [0.1, 0.15) is 23.7 Å². The number of ether oxygens (including phenoxy) is 4. The van der Waals surface area contributed by atoms with Gasteiger partial charge in [-0.25, -0.2) is 0 Å². The summed E-state index contributed by atoms with van der Waals surface area (Å²) in [5.74, 6) is 2.20. The highest BCUT2D eigenvalue weighted by Crippen LogP contribution is 2.46. The molecule has 1 amide bonds. The molecule has 0 spiro atoms. The summed E-state index contributed by atoms with van der Waals surface area (Å²) in [7, 11) is 3.19. The summed E-state index contributed by atoms with van der Waals surface area (Å²) >= 11 is 6.33. The average Bonchev–Trinajstić information content (AvgIpc) is 3.62. The van der Waals surface area contributed by atoms with Crippen LogP contribution in [0.5, 0.6) is 28.7 Å². The fourth-order valence-corrected chi connectivity index (χ4v) is 5.95. The number of H-pyrrole nitrogens is 1. The van der Waals surface area contributed by atoms with Crippen LogP contribution in [-0.2, 0) is 13.0 Å². The van der Waals surface area contributed by atoms with Gasteiger partial charge in [0.05, 0.1) is 26.9 Å². The second-order valence-electron chi connectivity index (χ2n) is 10.8. The van der Waals surface area contributed by atoms with Gasteiger partial charge in [0.25, 0.3) is 5.91 Å². The van der Waals surface area contributed by atoms with Crippen LogP contribution in [0.25, 0.3) is 11.3 Å². The molecule has 46 heavy (non-hydrogen) atoms. The molecule has 2 heterocycles. The molecule has 1 aliphatic heterocycles. The molecule has 1 atom stereocenters. The van der Waals surface area contributed by atoms with Gasteiger partial charge in [-0.3, -0.25) is 9.89 Å². The molecule has 0 aliphatic carbocycles. The summed E-state index contributed by atoms with van der Waals surface area (Å²) in [5, 5.41) is 18.7. The van der Waals surface area contributed by atoms with Gasteiger partial charge in [0.2, 0.25) is 0 Å². The number of aromatic amines is 1. The molecule has 4 aromatic carbocycles. The number of amides is 1. The van der Waals surface area contributed by atoms with Crippen LogP contribution < -0.4 is 18.9 Å². The largest absolute Gasteiger partial charge is 0.507 e. The van der Waals surface area contributed by atoms with Gasteiger partial charge in [0, 0.05) is 22.7 Å². The number of benzene rings is 4. The Labute approximate surface area is 272 Å². The third-order valence-electron chi connectivity index (χ3n) is 7.99. The molecular formula is C36H34ClN3O6. The lowest BCUT2D eigenvalue weighted by Crippen LogP contribution is -2.31. The molecule has 236 valence electrons. The summed E-state index contributed by atoms with van der Waals surface area (Å²) in [6, 6.07) is 25.6. The number of carbonyl (C=O) groups is 1. The first-order chi connectivity index (χ1) is 22.4. The third kappa shape index (κ3) is 6.06. The highest BCUT2D eigenvalue weighted by Gasteiger charge is 2.42. The Morgan fingerprint density at radius 1 is 0.870 bits per heavy atom. The van der Waals surface area contributed by atoms with Gasteiger partial charge < -0.3 is 29.0 Å². The molecule has 0 fully saturated rings. The Morgan fingerprint density at radius 3 is 2.41 bits per heavy atom. The lowest BCUT2D eigenvalue weighted by molar-refractivity contribution is 0.0745. The first-order valence-corrected chi connectivity index (χ1v) is 15.3. The predicted molar refractivity (Wildman–Crippen MR) is 175 cm³/mol. The first-order valence-electron chi connectivity index (χ1n) is 14.9. The monoisotopic (exact) mass is 639 g/mol. The normalized spacial score (nSPS) is 13.9. The van der Waals surface area contributed by atoms with Crippen LogP contribution in [0.3, 0.4) is 0 Å². The number of aromatic nitrogens is 2. The van der Waals surface area contributed by atoms with E-state index in [1.54, 1.807) is 31.3 Å².